The van der Waals surface area contributed by atoms with Gasteiger partial charge in [0.25, 0.3) is 0 Å². The highest BCUT2D eigenvalue weighted by Crippen LogP contribution is 2.19. The van der Waals surface area contributed by atoms with Gasteiger partial charge in [-0.1, -0.05) is 6.07 Å². The molecule has 0 bridgehead atoms. The third kappa shape index (κ3) is 2.98. The first-order valence-electron chi connectivity index (χ1n) is 4.43. The second-order valence-electron chi connectivity index (χ2n) is 3.09. The summed E-state index contributed by atoms with van der Waals surface area (Å²) >= 11 is 0. The van der Waals surface area contributed by atoms with Gasteiger partial charge in [0.2, 0.25) is 0 Å². The summed E-state index contributed by atoms with van der Waals surface area (Å²) in [6.45, 7) is 4.40. The van der Waals surface area contributed by atoms with Crippen LogP contribution in [0.3, 0.4) is 0 Å². The molecule has 13 heavy (non-hydrogen) atoms. The molecule has 0 aliphatic carbocycles. The largest absolute Gasteiger partial charge is 0.494 e. The minimum absolute atomic E-state index is 0.677. The van der Waals surface area contributed by atoms with E-state index in [1.54, 1.807) is 0 Å². The summed E-state index contributed by atoms with van der Waals surface area (Å²) in [7, 11) is 4.03. The van der Waals surface area contributed by atoms with E-state index in [4.69, 9.17) is 4.74 Å². The molecule has 1 aromatic carbocycles. The van der Waals surface area contributed by atoms with E-state index in [9.17, 15) is 0 Å². The lowest BCUT2D eigenvalue weighted by atomic mass is 10.3. The van der Waals surface area contributed by atoms with Gasteiger partial charge in [0.1, 0.15) is 5.75 Å². The maximum absolute atomic E-state index is 5.46. The van der Waals surface area contributed by atoms with Crippen LogP contribution in [0.5, 0.6) is 5.75 Å². The van der Waals surface area contributed by atoms with Crippen molar-refractivity contribution in [3.63, 3.8) is 0 Å². The Labute approximate surface area is 80.1 Å². The molecule has 0 aliphatic rings. The molecule has 0 heterocycles. The van der Waals surface area contributed by atoms with E-state index in [0.717, 1.165) is 17.9 Å². The van der Waals surface area contributed by atoms with Crippen LogP contribution in [-0.4, -0.2) is 20.7 Å². The predicted molar refractivity (Wildman–Crippen MR) is 56.2 cm³/mol. The van der Waals surface area contributed by atoms with Crippen LogP contribution in [0.2, 0.25) is 0 Å². The maximum atomic E-state index is 5.46. The Bertz CT molecular complexity index is 258. The first-order valence-corrected chi connectivity index (χ1v) is 4.43. The van der Waals surface area contributed by atoms with E-state index >= 15 is 0 Å². The molecule has 0 N–H and O–H groups in total. The number of hydrogen-bond donors (Lipinski definition) is 0. The highest BCUT2D eigenvalue weighted by molar-refractivity contribution is 5.49. The van der Waals surface area contributed by atoms with E-state index in [0.29, 0.717) is 6.61 Å². The lowest BCUT2D eigenvalue weighted by Crippen LogP contribution is -2.08. The molecular weight excluding hydrogens is 162 g/mol. The second kappa shape index (κ2) is 4.75. The van der Waals surface area contributed by atoms with Crippen molar-refractivity contribution in [3.8, 4) is 5.75 Å². The topological polar surface area (TPSA) is 12.5 Å². The van der Waals surface area contributed by atoms with E-state index < -0.39 is 0 Å². The summed E-state index contributed by atoms with van der Waals surface area (Å²) in [5.41, 5.74) is 1.15. The Morgan fingerprint density at radius 1 is 1.38 bits per heavy atom. The molecule has 0 amide bonds. The summed E-state index contributed by atoms with van der Waals surface area (Å²) < 4.78 is 5.46. The molecule has 2 nitrogen and oxygen atoms in total. The minimum atomic E-state index is 0.677. The second-order valence-corrected chi connectivity index (χ2v) is 3.09. The normalized spacial score (nSPS) is 9.77. The Morgan fingerprint density at radius 2 is 2.15 bits per heavy atom. The van der Waals surface area contributed by atoms with Crippen LogP contribution >= 0.6 is 0 Å². The number of rotatable bonds is 4. The van der Waals surface area contributed by atoms with Crippen molar-refractivity contribution in [1.29, 1.82) is 0 Å². The van der Waals surface area contributed by atoms with Crippen molar-refractivity contribution in [2.24, 2.45) is 0 Å². The summed E-state index contributed by atoms with van der Waals surface area (Å²) in [5.74, 6) is 0.912. The first-order chi connectivity index (χ1) is 6.24. The Kier molecular flexibility index (Phi) is 3.62. The van der Waals surface area contributed by atoms with E-state index in [1.165, 1.54) is 0 Å². The molecule has 0 aliphatic heterocycles. The van der Waals surface area contributed by atoms with Crippen molar-refractivity contribution in [2.75, 3.05) is 25.6 Å². The summed E-state index contributed by atoms with van der Waals surface area (Å²) in [6, 6.07) is 8.03. The van der Waals surface area contributed by atoms with Gasteiger partial charge in [0.15, 0.2) is 0 Å². The quantitative estimate of drug-likeness (QED) is 0.701. The van der Waals surface area contributed by atoms with Crippen LogP contribution in [0, 0.1) is 6.92 Å². The summed E-state index contributed by atoms with van der Waals surface area (Å²) in [4.78, 5) is 2.05. The fraction of sp³-hybridized carbons (Fsp3) is 0.364. The molecule has 0 aromatic heterocycles. The molecule has 0 unspecified atom stereocenters. The van der Waals surface area contributed by atoms with E-state index in [2.05, 4.69) is 17.9 Å². The Morgan fingerprint density at radius 3 is 2.77 bits per heavy atom. The van der Waals surface area contributed by atoms with Crippen LogP contribution in [-0.2, 0) is 0 Å². The number of benzene rings is 1. The molecule has 0 fully saturated rings. The zero-order valence-corrected chi connectivity index (χ0v) is 8.29. The number of nitrogens with zero attached hydrogens (tertiary/aromatic N) is 1. The predicted octanol–water partition coefficient (Wildman–Crippen LogP) is 2.36. The SMILES string of the molecule is [CH2]CCOc1cccc(N(C)C)c1. The fourth-order valence-electron chi connectivity index (χ4n) is 1.04. The molecule has 0 spiro atoms. The van der Waals surface area contributed by atoms with Crippen molar-refractivity contribution in [2.45, 2.75) is 6.42 Å². The van der Waals surface area contributed by atoms with Crippen LogP contribution in [0.1, 0.15) is 6.42 Å². The monoisotopic (exact) mass is 178 g/mol. The average molecular weight is 178 g/mol. The number of anilines is 1. The van der Waals surface area contributed by atoms with Gasteiger partial charge >= 0.3 is 0 Å². The van der Waals surface area contributed by atoms with Crippen LogP contribution in [0.4, 0.5) is 5.69 Å². The van der Waals surface area contributed by atoms with Gasteiger partial charge in [0.05, 0.1) is 6.61 Å². The van der Waals surface area contributed by atoms with Crippen LogP contribution in [0.25, 0.3) is 0 Å². The van der Waals surface area contributed by atoms with Gasteiger partial charge in [-0.15, -0.1) is 0 Å². The Hall–Kier alpha value is -1.18. The molecule has 2 heteroatoms. The van der Waals surface area contributed by atoms with Crippen LogP contribution < -0.4 is 9.64 Å². The summed E-state index contributed by atoms with van der Waals surface area (Å²) in [6.07, 6.45) is 0.798. The van der Waals surface area contributed by atoms with Crippen molar-refractivity contribution < 1.29 is 4.74 Å². The molecule has 1 rings (SSSR count). The molecule has 71 valence electrons. The molecule has 1 aromatic rings. The van der Waals surface area contributed by atoms with Gasteiger partial charge in [-0.2, -0.15) is 0 Å². The van der Waals surface area contributed by atoms with E-state index in [-0.39, 0.29) is 0 Å². The molecule has 0 saturated heterocycles. The lowest BCUT2D eigenvalue weighted by Gasteiger charge is -2.13. The number of ether oxygens (including phenoxy) is 1. The molecule has 1 radical (unpaired) electrons. The van der Waals surface area contributed by atoms with Gasteiger partial charge in [-0.05, 0) is 25.5 Å². The van der Waals surface area contributed by atoms with Gasteiger partial charge in [0, 0.05) is 25.8 Å². The molecule has 0 atom stereocenters. The fourth-order valence-corrected chi connectivity index (χ4v) is 1.04. The highest BCUT2D eigenvalue weighted by Gasteiger charge is 1.97. The van der Waals surface area contributed by atoms with Crippen molar-refractivity contribution >= 4 is 5.69 Å². The first kappa shape index (κ1) is 9.90. The van der Waals surface area contributed by atoms with Crippen LogP contribution in [0.15, 0.2) is 24.3 Å². The third-order valence-electron chi connectivity index (χ3n) is 1.75. The molecular formula is C11H16NO. The average Bonchev–Trinajstić information content (AvgIpc) is 2.15. The minimum Gasteiger partial charge on any atom is -0.494 e. The van der Waals surface area contributed by atoms with Gasteiger partial charge in [-0.3, -0.25) is 0 Å². The number of hydrogen-bond acceptors (Lipinski definition) is 2. The van der Waals surface area contributed by atoms with Gasteiger partial charge in [-0.25, -0.2) is 0 Å². The van der Waals surface area contributed by atoms with Crippen molar-refractivity contribution in [3.05, 3.63) is 31.2 Å². The van der Waals surface area contributed by atoms with E-state index in [1.807, 2.05) is 32.3 Å². The van der Waals surface area contributed by atoms with Crippen molar-refractivity contribution in [1.82, 2.24) is 0 Å². The summed E-state index contributed by atoms with van der Waals surface area (Å²) in [5, 5.41) is 0. The maximum Gasteiger partial charge on any atom is 0.121 e. The standard InChI is InChI=1S/C11H16NO/c1-4-8-13-11-7-5-6-10(9-11)12(2)3/h5-7,9H,1,4,8H2,2-3H3. The third-order valence-corrected chi connectivity index (χ3v) is 1.75. The van der Waals surface area contributed by atoms with Gasteiger partial charge < -0.3 is 9.64 Å². The zero-order chi connectivity index (χ0) is 9.68. The lowest BCUT2D eigenvalue weighted by molar-refractivity contribution is 0.324. The Balaban J connectivity index is 2.68. The molecule has 0 saturated carbocycles. The smallest absolute Gasteiger partial charge is 0.121 e. The highest BCUT2D eigenvalue weighted by atomic mass is 16.5. The zero-order valence-electron chi connectivity index (χ0n) is 8.29.